The largest absolute Gasteiger partial charge is 0.371 e. The molecule has 1 aromatic heterocycles. The molecule has 138 valence electrons. The van der Waals surface area contributed by atoms with Gasteiger partial charge in [0.25, 0.3) is 5.91 Å². The van der Waals surface area contributed by atoms with Crippen molar-refractivity contribution in [3.8, 4) is 0 Å². The maximum absolute atomic E-state index is 13.6. The van der Waals surface area contributed by atoms with Crippen molar-refractivity contribution in [2.24, 2.45) is 0 Å². The number of hydrogen-bond acceptors (Lipinski definition) is 5. The van der Waals surface area contributed by atoms with Crippen LogP contribution in [0.2, 0.25) is 0 Å². The van der Waals surface area contributed by atoms with E-state index in [2.05, 4.69) is 15.6 Å². The molecule has 0 atom stereocenters. The lowest BCUT2D eigenvalue weighted by molar-refractivity contribution is 0.0981. The smallest absolute Gasteiger partial charge is 0.280 e. The second-order valence-electron chi connectivity index (χ2n) is 6.96. The Bertz CT molecular complexity index is 829. The van der Waals surface area contributed by atoms with Crippen molar-refractivity contribution in [2.75, 3.05) is 43.0 Å². The average Bonchev–Trinajstić information content (AvgIpc) is 3.04. The summed E-state index contributed by atoms with van der Waals surface area (Å²) in [5.41, 5.74) is 2.60. The van der Waals surface area contributed by atoms with Crippen molar-refractivity contribution in [3.63, 3.8) is 0 Å². The van der Waals surface area contributed by atoms with E-state index >= 15 is 0 Å². The van der Waals surface area contributed by atoms with Gasteiger partial charge in [0.2, 0.25) is 0 Å². The number of fused-ring (bicyclic) bond motifs is 1. The fraction of sp³-hybridized carbons (Fsp3) is 0.500. The minimum Gasteiger partial charge on any atom is -0.371 e. The Morgan fingerprint density at radius 1 is 1.23 bits per heavy atom. The Kier molecular flexibility index (Phi) is 4.36. The number of carbonyl (C=O) groups is 1. The van der Waals surface area contributed by atoms with Crippen LogP contribution in [-0.4, -0.2) is 54.1 Å². The third-order valence-electron chi connectivity index (χ3n) is 5.33. The Hall–Kier alpha value is -2.48. The zero-order chi connectivity index (χ0) is 18.3. The number of carbonyl (C=O) groups excluding carboxylic acids is 1. The fourth-order valence-electron chi connectivity index (χ4n) is 3.80. The maximum Gasteiger partial charge on any atom is 0.280 e. The standard InChI is InChI=1S/C18H23FN6O/c1-12-17(21-22-25(12)14-5-7-20-8-6-14)18(26)24-10-9-23(2)16-11-13(19)3-4-15(16)24/h3-4,11,14,20H,5-10H2,1-2H3. The molecule has 1 fully saturated rings. The molecule has 1 N–H and O–H groups in total. The van der Waals surface area contributed by atoms with E-state index in [0.717, 1.165) is 31.6 Å². The highest BCUT2D eigenvalue weighted by Gasteiger charge is 2.30. The molecule has 0 saturated carbocycles. The number of rotatable bonds is 2. The zero-order valence-electron chi connectivity index (χ0n) is 15.1. The molecule has 2 aliphatic rings. The van der Waals surface area contributed by atoms with E-state index in [1.54, 1.807) is 11.0 Å². The van der Waals surface area contributed by atoms with Gasteiger partial charge in [-0.2, -0.15) is 0 Å². The first kappa shape index (κ1) is 17.0. The number of amides is 1. The number of benzene rings is 1. The molecule has 4 rings (SSSR count). The fourth-order valence-corrected chi connectivity index (χ4v) is 3.80. The molecule has 1 amide bonds. The van der Waals surface area contributed by atoms with Crippen molar-refractivity contribution >= 4 is 17.3 Å². The quantitative estimate of drug-likeness (QED) is 0.886. The predicted octanol–water partition coefficient (Wildman–Crippen LogP) is 1.75. The third kappa shape index (κ3) is 2.84. The van der Waals surface area contributed by atoms with Crippen molar-refractivity contribution in [3.05, 3.63) is 35.4 Å². The summed E-state index contributed by atoms with van der Waals surface area (Å²) in [7, 11) is 1.90. The molecule has 26 heavy (non-hydrogen) atoms. The van der Waals surface area contributed by atoms with Crippen LogP contribution in [0.15, 0.2) is 18.2 Å². The number of likely N-dealkylation sites (N-methyl/N-ethyl adjacent to an activating group) is 1. The maximum atomic E-state index is 13.6. The topological polar surface area (TPSA) is 66.3 Å². The average molecular weight is 358 g/mol. The van der Waals surface area contributed by atoms with Crippen LogP contribution in [0.3, 0.4) is 0 Å². The van der Waals surface area contributed by atoms with E-state index in [0.29, 0.717) is 30.2 Å². The molecule has 0 aliphatic carbocycles. The molecule has 3 heterocycles. The zero-order valence-corrected chi connectivity index (χ0v) is 15.1. The SMILES string of the molecule is Cc1c(C(=O)N2CCN(C)c3cc(F)ccc32)nnn1C1CCNCC1. The van der Waals surface area contributed by atoms with Crippen LogP contribution in [0.5, 0.6) is 0 Å². The highest BCUT2D eigenvalue weighted by Crippen LogP contribution is 2.34. The highest BCUT2D eigenvalue weighted by atomic mass is 19.1. The van der Waals surface area contributed by atoms with Gasteiger partial charge in [0.1, 0.15) is 5.82 Å². The highest BCUT2D eigenvalue weighted by molar-refractivity contribution is 6.07. The first-order valence-corrected chi connectivity index (χ1v) is 9.01. The van der Waals surface area contributed by atoms with Gasteiger partial charge >= 0.3 is 0 Å². The van der Waals surface area contributed by atoms with Gasteiger partial charge in [-0.25, -0.2) is 9.07 Å². The monoisotopic (exact) mass is 358 g/mol. The lowest BCUT2D eigenvalue weighted by Crippen LogP contribution is -2.43. The Morgan fingerprint density at radius 3 is 2.77 bits per heavy atom. The Morgan fingerprint density at radius 2 is 2.00 bits per heavy atom. The van der Waals surface area contributed by atoms with Crippen molar-refractivity contribution < 1.29 is 9.18 Å². The van der Waals surface area contributed by atoms with E-state index in [9.17, 15) is 9.18 Å². The Balaban J connectivity index is 1.65. The molecule has 8 heteroatoms. The van der Waals surface area contributed by atoms with Crippen LogP contribution in [0.4, 0.5) is 15.8 Å². The molecule has 0 radical (unpaired) electrons. The number of aromatic nitrogens is 3. The number of halogens is 1. The minimum absolute atomic E-state index is 0.177. The van der Waals surface area contributed by atoms with Crippen LogP contribution in [0.1, 0.15) is 35.1 Å². The Labute approximate surface area is 151 Å². The summed E-state index contributed by atoms with van der Waals surface area (Å²) in [6.45, 7) is 4.98. The number of nitrogens with one attached hydrogen (secondary N) is 1. The second kappa shape index (κ2) is 6.68. The molecule has 1 saturated heterocycles. The van der Waals surface area contributed by atoms with Gasteiger partial charge in [-0.3, -0.25) is 4.79 Å². The second-order valence-corrected chi connectivity index (χ2v) is 6.96. The predicted molar refractivity (Wildman–Crippen MR) is 97.2 cm³/mol. The molecule has 2 aromatic rings. The van der Waals surface area contributed by atoms with Gasteiger partial charge in [-0.1, -0.05) is 5.21 Å². The van der Waals surface area contributed by atoms with E-state index < -0.39 is 0 Å². The summed E-state index contributed by atoms with van der Waals surface area (Å²) >= 11 is 0. The van der Waals surface area contributed by atoms with Gasteiger partial charge in [-0.15, -0.1) is 5.10 Å². The lowest BCUT2D eigenvalue weighted by atomic mass is 10.1. The summed E-state index contributed by atoms with van der Waals surface area (Å²) in [6.07, 6.45) is 1.96. The lowest BCUT2D eigenvalue weighted by Gasteiger charge is -2.35. The van der Waals surface area contributed by atoms with Crippen LogP contribution < -0.4 is 15.1 Å². The van der Waals surface area contributed by atoms with E-state index in [1.807, 2.05) is 23.6 Å². The molecule has 1 aromatic carbocycles. The molecule has 0 bridgehead atoms. The van der Waals surface area contributed by atoms with Crippen molar-refractivity contribution in [1.29, 1.82) is 0 Å². The number of anilines is 2. The third-order valence-corrected chi connectivity index (χ3v) is 5.33. The summed E-state index contributed by atoms with van der Waals surface area (Å²) in [4.78, 5) is 16.8. The number of piperidine rings is 1. The summed E-state index contributed by atoms with van der Waals surface area (Å²) in [5.74, 6) is -0.485. The van der Waals surface area contributed by atoms with Gasteiger partial charge in [0, 0.05) is 20.1 Å². The van der Waals surface area contributed by atoms with Crippen LogP contribution in [-0.2, 0) is 0 Å². The number of nitrogens with zero attached hydrogens (tertiary/aromatic N) is 5. The van der Waals surface area contributed by atoms with Gasteiger partial charge in [0.05, 0.1) is 23.1 Å². The summed E-state index contributed by atoms with van der Waals surface area (Å²) in [5, 5.41) is 11.8. The van der Waals surface area contributed by atoms with Gasteiger partial charge < -0.3 is 15.1 Å². The van der Waals surface area contributed by atoms with Crippen LogP contribution in [0, 0.1) is 12.7 Å². The summed E-state index contributed by atoms with van der Waals surface area (Å²) < 4.78 is 15.5. The molecular weight excluding hydrogens is 335 g/mol. The summed E-state index contributed by atoms with van der Waals surface area (Å²) in [6, 6.07) is 4.79. The molecular formula is C18H23FN6O. The number of hydrogen-bond donors (Lipinski definition) is 1. The molecule has 7 nitrogen and oxygen atoms in total. The minimum atomic E-state index is -0.307. The van der Waals surface area contributed by atoms with Gasteiger partial charge in [0.15, 0.2) is 5.69 Å². The van der Waals surface area contributed by atoms with Crippen molar-refractivity contribution in [1.82, 2.24) is 20.3 Å². The van der Waals surface area contributed by atoms with E-state index in [4.69, 9.17) is 0 Å². The van der Waals surface area contributed by atoms with Crippen LogP contribution in [0.25, 0.3) is 0 Å². The molecule has 0 unspecified atom stereocenters. The first-order chi connectivity index (χ1) is 12.6. The van der Waals surface area contributed by atoms with Crippen LogP contribution >= 0.6 is 0 Å². The van der Waals surface area contributed by atoms with E-state index in [1.165, 1.54) is 12.1 Å². The van der Waals surface area contributed by atoms with Gasteiger partial charge in [-0.05, 0) is 51.1 Å². The van der Waals surface area contributed by atoms with Crippen molar-refractivity contribution in [2.45, 2.75) is 25.8 Å². The molecule has 2 aliphatic heterocycles. The normalized spacial score (nSPS) is 18.1. The first-order valence-electron chi connectivity index (χ1n) is 9.01. The molecule has 0 spiro atoms. The van der Waals surface area contributed by atoms with E-state index in [-0.39, 0.29) is 17.8 Å².